The van der Waals surface area contributed by atoms with E-state index in [-0.39, 0.29) is 17.9 Å². The van der Waals surface area contributed by atoms with Gasteiger partial charge >= 0.3 is 0 Å². The van der Waals surface area contributed by atoms with Crippen LogP contribution in [0.1, 0.15) is 31.7 Å². The van der Waals surface area contributed by atoms with Crippen LogP contribution in [0.2, 0.25) is 0 Å². The Morgan fingerprint density at radius 3 is 2.65 bits per heavy atom. The molecule has 0 aromatic carbocycles. The van der Waals surface area contributed by atoms with E-state index in [1.165, 1.54) is 12.8 Å². The predicted molar refractivity (Wildman–Crippen MR) is 77.6 cm³/mol. The van der Waals surface area contributed by atoms with E-state index in [1.54, 1.807) is 12.4 Å². The van der Waals surface area contributed by atoms with Gasteiger partial charge in [-0.1, -0.05) is 0 Å². The van der Waals surface area contributed by atoms with Gasteiger partial charge in [-0.3, -0.25) is 9.78 Å². The van der Waals surface area contributed by atoms with Crippen molar-refractivity contribution in [2.24, 2.45) is 23.5 Å². The second-order valence-electron chi connectivity index (χ2n) is 6.14. The van der Waals surface area contributed by atoms with Crippen LogP contribution in [0.25, 0.3) is 0 Å². The van der Waals surface area contributed by atoms with Crippen molar-refractivity contribution < 1.29 is 4.79 Å². The molecule has 4 atom stereocenters. The van der Waals surface area contributed by atoms with Crippen molar-refractivity contribution in [2.45, 2.75) is 38.8 Å². The van der Waals surface area contributed by atoms with Gasteiger partial charge in [0.15, 0.2) is 0 Å². The molecule has 4 unspecified atom stereocenters. The number of carbonyl (C=O) groups is 1. The molecule has 4 nitrogen and oxygen atoms in total. The Labute approximate surface area is 120 Å². The molecule has 2 N–H and O–H groups in total. The molecule has 1 aromatic rings. The molecule has 1 amide bonds. The van der Waals surface area contributed by atoms with E-state index in [2.05, 4.69) is 4.98 Å². The molecule has 1 heterocycles. The quantitative estimate of drug-likeness (QED) is 0.910. The summed E-state index contributed by atoms with van der Waals surface area (Å²) in [5.74, 6) is 1.40. The highest BCUT2D eigenvalue weighted by Crippen LogP contribution is 2.48. The van der Waals surface area contributed by atoms with Crippen LogP contribution in [0.5, 0.6) is 0 Å². The summed E-state index contributed by atoms with van der Waals surface area (Å²) in [7, 11) is 0. The number of nitrogens with zero attached hydrogens (tertiary/aromatic N) is 2. The molecule has 108 valence electrons. The zero-order valence-electron chi connectivity index (χ0n) is 12.0. The highest BCUT2D eigenvalue weighted by atomic mass is 16.2. The average Bonchev–Trinajstić information content (AvgIpc) is 3.06. The lowest BCUT2D eigenvalue weighted by Gasteiger charge is -2.32. The summed E-state index contributed by atoms with van der Waals surface area (Å²) in [5.41, 5.74) is 7.42. The van der Waals surface area contributed by atoms with Crippen molar-refractivity contribution in [3.8, 4) is 0 Å². The lowest BCUT2D eigenvalue weighted by atomic mass is 9.84. The zero-order chi connectivity index (χ0) is 14.1. The van der Waals surface area contributed by atoms with Crippen LogP contribution >= 0.6 is 0 Å². The third-order valence-electron chi connectivity index (χ3n) is 5.08. The van der Waals surface area contributed by atoms with E-state index >= 15 is 0 Å². The fourth-order valence-corrected chi connectivity index (χ4v) is 3.97. The molecule has 2 bridgehead atoms. The van der Waals surface area contributed by atoms with E-state index in [4.69, 9.17) is 5.73 Å². The summed E-state index contributed by atoms with van der Waals surface area (Å²) in [6.45, 7) is 3.44. The number of hydrogen-bond donors (Lipinski definition) is 1. The average molecular weight is 273 g/mol. The second-order valence-corrected chi connectivity index (χ2v) is 6.14. The van der Waals surface area contributed by atoms with Crippen LogP contribution in [0.15, 0.2) is 24.5 Å². The lowest BCUT2D eigenvalue weighted by Crippen LogP contribution is -2.46. The maximum atomic E-state index is 12.8. The molecule has 0 spiro atoms. The Morgan fingerprint density at radius 1 is 1.35 bits per heavy atom. The molecule has 2 saturated carbocycles. The minimum Gasteiger partial charge on any atom is -0.338 e. The van der Waals surface area contributed by atoms with Crippen molar-refractivity contribution in [3.05, 3.63) is 30.1 Å². The predicted octanol–water partition coefficient (Wildman–Crippen LogP) is 1.80. The van der Waals surface area contributed by atoms with Crippen molar-refractivity contribution >= 4 is 5.91 Å². The largest absolute Gasteiger partial charge is 0.338 e. The summed E-state index contributed by atoms with van der Waals surface area (Å²) in [6, 6.07) is 4.01. The summed E-state index contributed by atoms with van der Waals surface area (Å²) in [6.07, 6.45) is 7.10. The minimum absolute atomic E-state index is 0.0514. The van der Waals surface area contributed by atoms with Gasteiger partial charge in [-0.05, 0) is 55.7 Å². The first-order valence-electron chi connectivity index (χ1n) is 7.64. The standard InChI is InChI=1S/C16H23N3O/c1-2-19(10-11-5-7-18-8-6-11)16(20)14-12-3-4-13(9-12)15(14)17/h5-8,12-15H,2-4,9-10,17H2,1H3. The van der Waals surface area contributed by atoms with Gasteiger partial charge in [-0.25, -0.2) is 0 Å². The second kappa shape index (κ2) is 5.52. The summed E-state index contributed by atoms with van der Waals surface area (Å²) in [4.78, 5) is 18.8. The van der Waals surface area contributed by atoms with Crippen LogP contribution in [0, 0.1) is 17.8 Å². The van der Waals surface area contributed by atoms with Gasteiger partial charge in [0, 0.05) is 31.5 Å². The molecule has 1 aromatic heterocycles. The van der Waals surface area contributed by atoms with Gasteiger partial charge in [0.05, 0.1) is 5.92 Å². The van der Waals surface area contributed by atoms with Gasteiger partial charge in [-0.15, -0.1) is 0 Å². The molecule has 20 heavy (non-hydrogen) atoms. The van der Waals surface area contributed by atoms with Crippen molar-refractivity contribution in [2.75, 3.05) is 6.54 Å². The molecule has 2 fully saturated rings. The van der Waals surface area contributed by atoms with E-state index in [0.717, 1.165) is 18.5 Å². The molecule has 0 radical (unpaired) electrons. The molecule has 2 aliphatic rings. The molecule has 4 heteroatoms. The van der Waals surface area contributed by atoms with Crippen molar-refractivity contribution in [3.63, 3.8) is 0 Å². The van der Waals surface area contributed by atoms with E-state index < -0.39 is 0 Å². The van der Waals surface area contributed by atoms with E-state index in [9.17, 15) is 4.79 Å². The first-order valence-corrected chi connectivity index (χ1v) is 7.64. The molecule has 0 saturated heterocycles. The highest BCUT2D eigenvalue weighted by Gasteiger charge is 2.49. The Hall–Kier alpha value is -1.42. The lowest BCUT2D eigenvalue weighted by molar-refractivity contribution is -0.138. The first-order chi connectivity index (χ1) is 9.70. The monoisotopic (exact) mass is 273 g/mol. The first kappa shape index (κ1) is 13.6. The van der Waals surface area contributed by atoms with Gasteiger partial charge in [0.25, 0.3) is 0 Å². The minimum atomic E-state index is 0.0514. The maximum Gasteiger partial charge on any atom is 0.227 e. The van der Waals surface area contributed by atoms with Crippen LogP contribution in [0.3, 0.4) is 0 Å². The molecular formula is C16H23N3O. The van der Waals surface area contributed by atoms with Crippen LogP contribution in [-0.4, -0.2) is 28.4 Å². The summed E-state index contributed by atoms with van der Waals surface area (Å²) >= 11 is 0. The van der Waals surface area contributed by atoms with Crippen molar-refractivity contribution in [1.82, 2.24) is 9.88 Å². The highest BCUT2D eigenvalue weighted by molar-refractivity contribution is 5.80. The Balaban J connectivity index is 1.71. The number of amides is 1. The normalized spacial score (nSPS) is 31.5. The number of pyridine rings is 1. The van der Waals surface area contributed by atoms with E-state index in [1.807, 2.05) is 24.0 Å². The fourth-order valence-electron chi connectivity index (χ4n) is 3.97. The molecule has 3 rings (SSSR count). The number of carbonyl (C=O) groups excluding carboxylic acids is 1. The van der Waals surface area contributed by atoms with Gasteiger partial charge in [0.2, 0.25) is 5.91 Å². The number of rotatable bonds is 4. The third-order valence-corrected chi connectivity index (χ3v) is 5.08. The number of nitrogens with two attached hydrogens (primary N) is 1. The number of fused-ring (bicyclic) bond motifs is 2. The Bertz CT molecular complexity index is 474. The van der Waals surface area contributed by atoms with Gasteiger partial charge in [-0.2, -0.15) is 0 Å². The smallest absolute Gasteiger partial charge is 0.227 e. The third kappa shape index (κ3) is 2.33. The molecular weight excluding hydrogens is 250 g/mol. The van der Waals surface area contributed by atoms with Gasteiger partial charge in [0.1, 0.15) is 0 Å². The number of hydrogen-bond acceptors (Lipinski definition) is 3. The van der Waals surface area contributed by atoms with Crippen LogP contribution in [-0.2, 0) is 11.3 Å². The Kier molecular flexibility index (Phi) is 3.74. The summed E-state index contributed by atoms with van der Waals surface area (Å²) < 4.78 is 0. The number of aromatic nitrogens is 1. The SMILES string of the molecule is CCN(Cc1ccncc1)C(=O)C1C2CCC(C2)C1N. The Morgan fingerprint density at radius 2 is 2.05 bits per heavy atom. The van der Waals surface area contributed by atoms with Gasteiger partial charge < -0.3 is 10.6 Å². The molecule has 2 aliphatic carbocycles. The fraction of sp³-hybridized carbons (Fsp3) is 0.625. The summed E-state index contributed by atoms with van der Waals surface area (Å²) in [5, 5.41) is 0. The maximum absolute atomic E-state index is 12.8. The van der Waals surface area contributed by atoms with E-state index in [0.29, 0.717) is 18.4 Å². The van der Waals surface area contributed by atoms with Crippen molar-refractivity contribution in [1.29, 1.82) is 0 Å². The topological polar surface area (TPSA) is 59.2 Å². The van der Waals surface area contributed by atoms with Crippen LogP contribution in [0.4, 0.5) is 0 Å². The van der Waals surface area contributed by atoms with Crippen LogP contribution < -0.4 is 5.73 Å². The zero-order valence-corrected chi connectivity index (χ0v) is 12.0. The molecule has 0 aliphatic heterocycles.